The summed E-state index contributed by atoms with van der Waals surface area (Å²) in [7, 11) is 0. The highest BCUT2D eigenvalue weighted by molar-refractivity contribution is 6.00. The number of hydrogen-bond acceptors (Lipinski definition) is 3. The molecule has 2 N–H and O–H groups in total. The van der Waals surface area contributed by atoms with Crippen LogP contribution in [0.4, 0.5) is 0 Å². The Kier molecular flexibility index (Phi) is 4.97. The van der Waals surface area contributed by atoms with Crippen LogP contribution in [0, 0.1) is 5.92 Å². The van der Waals surface area contributed by atoms with Crippen molar-refractivity contribution < 1.29 is 9.53 Å². The van der Waals surface area contributed by atoms with Crippen LogP contribution in [0.3, 0.4) is 0 Å². The molecule has 19 heavy (non-hydrogen) atoms. The molecule has 0 heterocycles. The predicted octanol–water partition coefficient (Wildman–Crippen LogP) is 3.18. The first-order chi connectivity index (χ1) is 9.24. The van der Waals surface area contributed by atoms with Gasteiger partial charge in [-0.15, -0.1) is 0 Å². The molecular weight excluding hydrogens is 238 g/mol. The van der Waals surface area contributed by atoms with Crippen LogP contribution in [0.25, 0.3) is 0 Å². The van der Waals surface area contributed by atoms with Gasteiger partial charge in [-0.1, -0.05) is 31.4 Å². The third kappa shape index (κ3) is 3.35. The molecule has 2 rings (SSSR count). The van der Waals surface area contributed by atoms with E-state index in [1.165, 1.54) is 6.42 Å². The maximum Gasteiger partial charge on any atom is 0.171 e. The molecule has 2 atom stereocenters. The van der Waals surface area contributed by atoms with Gasteiger partial charge in [0.25, 0.3) is 0 Å². The summed E-state index contributed by atoms with van der Waals surface area (Å²) in [6, 6.07) is 7.49. The smallest absolute Gasteiger partial charge is 0.171 e. The Morgan fingerprint density at radius 1 is 1.26 bits per heavy atom. The maximum atomic E-state index is 12.7. The zero-order chi connectivity index (χ0) is 13.7. The molecule has 1 aromatic rings. The zero-order valence-corrected chi connectivity index (χ0v) is 11.6. The summed E-state index contributed by atoms with van der Waals surface area (Å²) >= 11 is 0. The van der Waals surface area contributed by atoms with Gasteiger partial charge in [0.2, 0.25) is 0 Å². The van der Waals surface area contributed by atoms with E-state index in [1.807, 2.05) is 31.2 Å². The van der Waals surface area contributed by atoms with Crippen LogP contribution in [-0.2, 0) is 0 Å². The number of nitrogens with two attached hydrogens (primary N) is 1. The Morgan fingerprint density at radius 2 is 2.00 bits per heavy atom. The number of hydrogen-bond donors (Lipinski definition) is 1. The number of carbonyl (C=O) groups is 1. The molecule has 104 valence electrons. The molecule has 0 spiro atoms. The Balaban J connectivity index is 2.22. The molecule has 1 aliphatic rings. The van der Waals surface area contributed by atoms with Crippen LogP contribution in [0.15, 0.2) is 24.3 Å². The van der Waals surface area contributed by atoms with Gasteiger partial charge in [0.15, 0.2) is 5.78 Å². The van der Waals surface area contributed by atoms with Gasteiger partial charge in [0, 0.05) is 12.0 Å². The minimum Gasteiger partial charge on any atom is -0.493 e. The number of Topliss-reactive ketones (excluding diaryl/α,β-unsaturated/α-hetero) is 1. The fourth-order valence-electron chi connectivity index (χ4n) is 2.81. The lowest BCUT2D eigenvalue weighted by Gasteiger charge is -2.21. The number of ketones is 1. The van der Waals surface area contributed by atoms with E-state index >= 15 is 0 Å². The van der Waals surface area contributed by atoms with Gasteiger partial charge in [-0.25, -0.2) is 0 Å². The van der Waals surface area contributed by atoms with Crippen molar-refractivity contribution >= 4 is 5.78 Å². The van der Waals surface area contributed by atoms with Crippen molar-refractivity contribution in [2.45, 2.75) is 45.1 Å². The second-order valence-corrected chi connectivity index (χ2v) is 5.20. The van der Waals surface area contributed by atoms with E-state index in [0.717, 1.165) is 25.7 Å². The predicted molar refractivity (Wildman–Crippen MR) is 76.5 cm³/mol. The second-order valence-electron chi connectivity index (χ2n) is 5.20. The summed E-state index contributed by atoms with van der Waals surface area (Å²) in [5.41, 5.74) is 6.87. The minimum atomic E-state index is -0.0518. The van der Waals surface area contributed by atoms with Gasteiger partial charge >= 0.3 is 0 Å². The van der Waals surface area contributed by atoms with Gasteiger partial charge in [0.1, 0.15) is 5.75 Å². The highest BCUT2D eigenvalue weighted by Gasteiger charge is 2.29. The molecule has 0 saturated heterocycles. The molecule has 0 aromatic heterocycles. The molecule has 3 nitrogen and oxygen atoms in total. The molecule has 1 aromatic carbocycles. The Labute approximate surface area is 115 Å². The lowest BCUT2D eigenvalue weighted by Crippen LogP contribution is -2.34. The Bertz CT molecular complexity index is 431. The summed E-state index contributed by atoms with van der Waals surface area (Å²) in [5, 5.41) is 0. The van der Waals surface area contributed by atoms with E-state index in [-0.39, 0.29) is 17.7 Å². The van der Waals surface area contributed by atoms with Gasteiger partial charge < -0.3 is 10.5 Å². The van der Waals surface area contributed by atoms with Crippen LogP contribution < -0.4 is 10.5 Å². The van der Waals surface area contributed by atoms with Crippen LogP contribution in [0.2, 0.25) is 0 Å². The fourth-order valence-corrected chi connectivity index (χ4v) is 2.81. The summed E-state index contributed by atoms with van der Waals surface area (Å²) in [4.78, 5) is 12.7. The monoisotopic (exact) mass is 261 g/mol. The van der Waals surface area contributed by atoms with E-state index in [9.17, 15) is 4.79 Å². The van der Waals surface area contributed by atoms with Crippen molar-refractivity contribution in [3.8, 4) is 5.75 Å². The van der Waals surface area contributed by atoms with Gasteiger partial charge in [0.05, 0.1) is 12.2 Å². The van der Waals surface area contributed by atoms with Crippen molar-refractivity contribution in [2.75, 3.05) is 6.61 Å². The lowest BCUT2D eigenvalue weighted by molar-refractivity contribution is 0.0891. The Morgan fingerprint density at radius 3 is 2.79 bits per heavy atom. The first kappa shape index (κ1) is 14.1. The summed E-state index contributed by atoms with van der Waals surface area (Å²) in [6.45, 7) is 2.50. The third-order valence-electron chi connectivity index (χ3n) is 3.86. The first-order valence-electron chi connectivity index (χ1n) is 7.25. The van der Waals surface area contributed by atoms with E-state index in [2.05, 4.69) is 0 Å². The van der Waals surface area contributed by atoms with Crippen LogP contribution in [-0.4, -0.2) is 18.4 Å². The summed E-state index contributed by atoms with van der Waals surface area (Å²) in [5.74, 6) is 0.786. The number of para-hydroxylation sites is 1. The van der Waals surface area contributed by atoms with Crippen molar-refractivity contribution in [3.63, 3.8) is 0 Å². The second kappa shape index (κ2) is 6.71. The largest absolute Gasteiger partial charge is 0.493 e. The van der Waals surface area contributed by atoms with Crippen LogP contribution in [0.1, 0.15) is 49.4 Å². The number of carbonyl (C=O) groups excluding carboxylic acids is 1. The van der Waals surface area contributed by atoms with E-state index < -0.39 is 0 Å². The molecule has 0 aliphatic heterocycles. The third-order valence-corrected chi connectivity index (χ3v) is 3.86. The number of rotatable bonds is 4. The molecule has 1 aliphatic carbocycles. The molecule has 0 radical (unpaired) electrons. The van der Waals surface area contributed by atoms with Crippen molar-refractivity contribution in [1.82, 2.24) is 0 Å². The highest BCUT2D eigenvalue weighted by Crippen LogP contribution is 2.29. The molecule has 3 heteroatoms. The normalized spacial score (nSPS) is 23.7. The average Bonchev–Trinajstić information content (AvgIpc) is 2.64. The van der Waals surface area contributed by atoms with Crippen molar-refractivity contribution in [2.24, 2.45) is 11.7 Å². The Hall–Kier alpha value is -1.35. The van der Waals surface area contributed by atoms with Gasteiger partial charge in [-0.3, -0.25) is 4.79 Å². The summed E-state index contributed by atoms with van der Waals surface area (Å²) in [6.07, 6.45) is 5.28. The topological polar surface area (TPSA) is 52.3 Å². The average molecular weight is 261 g/mol. The fraction of sp³-hybridized carbons (Fsp3) is 0.562. The summed E-state index contributed by atoms with van der Waals surface area (Å²) < 4.78 is 5.55. The standard InChI is InChI=1S/C16H23NO2/c1-2-19-15-11-7-6-9-13(15)16(18)12-8-4-3-5-10-14(12)17/h6-7,9,11-12,14H,2-5,8,10,17H2,1H3. The quantitative estimate of drug-likeness (QED) is 0.669. The molecule has 0 amide bonds. The van der Waals surface area contributed by atoms with Crippen LogP contribution in [0.5, 0.6) is 5.75 Å². The SMILES string of the molecule is CCOc1ccccc1C(=O)C1CCCCCC1N. The van der Waals surface area contributed by atoms with Crippen molar-refractivity contribution in [1.29, 1.82) is 0 Å². The van der Waals surface area contributed by atoms with Gasteiger partial charge in [-0.2, -0.15) is 0 Å². The van der Waals surface area contributed by atoms with Crippen LogP contribution >= 0.6 is 0 Å². The maximum absolute atomic E-state index is 12.7. The minimum absolute atomic E-state index is 0.00955. The molecule has 1 fully saturated rings. The first-order valence-corrected chi connectivity index (χ1v) is 7.25. The van der Waals surface area contributed by atoms with E-state index in [1.54, 1.807) is 0 Å². The zero-order valence-electron chi connectivity index (χ0n) is 11.6. The highest BCUT2D eigenvalue weighted by atomic mass is 16.5. The lowest BCUT2D eigenvalue weighted by atomic mass is 9.87. The van der Waals surface area contributed by atoms with E-state index in [4.69, 9.17) is 10.5 Å². The number of benzene rings is 1. The number of ether oxygens (including phenoxy) is 1. The molecule has 2 unspecified atom stereocenters. The molecular formula is C16H23NO2. The van der Waals surface area contributed by atoms with E-state index in [0.29, 0.717) is 17.9 Å². The van der Waals surface area contributed by atoms with Gasteiger partial charge in [-0.05, 0) is 31.9 Å². The van der Waals surface area contributed by atoms with Crippen molar-refractivity contribution in [3.05, 3.63) is 29.8 Å². The molecule has 0 bridgehead atoms. The molecule has 1 saturated carbocycles.